The summed E-state index contributed by atoms with van der Waals surface area (Å²) in [4.78, 5) is 143. The summed E-state index contributed by atoms with van der Waals surface area (Å²) in [5.41, 5.74) is 20.0. The number of fused-ring (bicyclic) bond motifs is 6. The van der Waals surface area contributed by atoms with E-state index in [1.807, 2.05) is 97.1 Å². The molecule has 29 nitrogen and oxygen atoms in total. The first-order valence-electron chi connectivity index (χ1n) is 35.0. The number of nitro benzene ring substituents is 2. The molecular weight excluding hydrogens is 1390 g/mol. The first kappa shape index (κ1) is 77.4. The Kier molecular flexibility index (Phi) is 25.8. The maximum atomic E-state index is 14.1. The standard InChI is InChI=1S/C79H82N12O17/c1-45(2)69(88-77(98)105-43-63-59-19-9-5-15-55(59)56-16-6-10-20-60(56)63)73(94)86-65(23-13-37-82-75(80)96)71(92)84-51-29-25-47(26-30-51)39-49-41-53(90(101)102)33-35-67(49)107-79(100)108-68-36-34-54(91(103)104)42-50(68)40-48-27-31-52(32-28-48)85-72(93)66(24-14-38-83-76(81)97)87-74(95)70(46(3)4)89-78(99)106-44-64-61-21-11-7-17-57(61)58-18-8-12-22-62(58)64/h5-12,15-22,25-36,41-42,45-46,63-66,69-70H,13-14,23-24,37-40,43-44H2,1-4H3,(H,84,92)(H,85,93)(H,86,94)(H,87,95)(H,88,98)(H,89,99)(H3,80,82,96)(H3,81,83,97)/t65-,66-,69-,70-/m0/s1. The van der Waals surface area contributed by atoms with Gasteiger partial charge in [-0.1, -0.05) is 149 Å². The third-order valence-electron chi connectivity index (χ3n) is 18.5. The number of rotatable bonds is 32. The fourth-order valence-corrected chi connectivity index (χ4v) is 13.0. The van der Waals surface area contributed by atoms with E-state index >= 15 is 0 Å². The molecule has 0 bridgehead atoms. The number of carbonyl (C=O) groups is 9. The average molecular weight is 1470 g/mol. The van der Waals surface area contributed by atoms with E-state index in [0.717, 1.165) is 56.6 Å². The number of carbonyl (C=O) groups excluding carboxylic acids is 9. The molecule has 0 heterocycles. The summed E-state index contributed by atoms with van der Waals surface area (Å²) in [6.07, 6.45) is -2.66. The molecule has 0 aromatic heterocycles. The van der Waals surface area contributed by atoms with Crippen molar-refractivity contribution in [1.82, 2.24) is 31.9 Å². The number of nitrogens with one attached hydrogen (secondary N) is 8. The number of amides is 10. The third kappa shape index (κ3) is 20.2. The number of primary amides is 2. The highest BCUT2D eigenvalue weighted by atomic mass is 16.7. The highest BCUT2D eigenvalue weighted by Gasteiger charge is 2.35. The van der Waals surface area contributed by atoms with E-state index in [1.54, 1.807) is 52.0 Å². The van der Waals surface area contributed by atoms with Crippen molar-refractivity contribution in [2.45, 2.75) is 102 Å². The minimum Gasteiger partial charge on any atom is -0.449 e. The number of benzene rings is 8. The van der Waals surface area contributed by atoms with Gasteiger partial charge in [-0.2, -0.15) is 0 Å². The van der Waals surface area contributed by atoms with E-state index in [0.29, 0.717) is 11.1 Å². The van der Waals surface area contributed by atoms with Gasteiger partial charge in [0.25, 0.3) is 11.4 Å². The minimum atomic E-state index is -1.31. The summed E-state index contributed by atoms with van der Waals surface area (Å²) in [6.45, 7) is 7.02. The summed E-state index contributed by atoms with van der Waals surface area (Å²) >= 11 is 0. The van der Waals surface area contributed by atoms with Crippen LogP contribution in [0.2, 0.25) is 0 Å². The lowest BCUT2D eigenvalue weighted by Crippen LogP contribution is -2.54. The molecule has 12 N–H and O–H groups in total. The van der Waals surface area contributed by atoms with Gasteiger partial charge in [0.2, 0.25) is 23.6 Å². The quantitative estimate of drug-likeness (QED) is 0.00615. The highest BCUT2D eigenvalue weighted by Crippen LogP contribution is 2.46. The molecular formula is C79H82N12O17. The number of hydrogen-bond acceptors (Lipinski definition) is 17. The molecule has 10 rings (SSSR count). The van der Waals surface area contributed by atoms with Crippen LogP contribution in [0.15, 0.2) is 182 Å². The molecule has 2 aliphatic rings. The SMILES string of the molecule is CC(C)[C@H](NC(=O)OCC1c2ccccc2-c2ccccc21)C(=O)N[C@@H](CCCNC(N)=O)C(=O)Nc1ccc(Cc2cc([N+](=O)[O-])ccc2OC(=O)Oc2ccc([N+](=O)[O-])cc2Cc2ccc(NC(=O)[C@H](CCCNC(N)=O)NC(=O)[C@@H](NC(=O)OCC3c4ccccc4-c4ccccc43)C(C)C)cc2)cc1. The highest BCUT2D eigenvalue weighted by molar-refractivity contribution is 5.99. The normalized spacial score (nSPS) is 12.9. The molecule has 0 radical (unpaired) electrons. The summed E-state index contributed by atoms with van der Waals surface area (Å²) in [5.74, 6) is -4.34. The zero-order chi connectivity index (χ0) is 77.1. The van der Waals surface area contributed by atoms with E-state index in [-0.39, 0.29) is 122 Å². The number of nitrogens with two attached hydrogens (primary N) is 2. The summed E-state index contributed by atoms with van der Waals surface area (Å²) in [7, 11) is 0. The van der Waals surface area contributed by atoms with Crippen molar-refractivity contribution in [2.75, 3.05) is 36.9 Å². The molecule has 2 aliphatic carbocycles. The first-order valence-corrected chi connectivity index (χ1v) is 35.0. The number of urea groups is 2. The Balaban J connectivity index is 0.757. The lowest BCUT2D eigenvalue weighted by molar-refractivity contribution is -0.385. The zero-order valence-electron chi connectivity index (χ0n) is 59.5. The minimum absolute atomic E-state index is 0.00204. The van der Waals surface area contributed by atoms with E-state index in [2.05, 4.69) is 42.5 Å². The van der Waals surface area contributed by atoms with Gasteiger partial charge in [-0.3, -0.25) is 39.4 Å². The molecule has 8 aromatic carbocycles. The van der Waals surface area contributed by atoms with E-state index in [4.69, 9.17) is 30.4 Å². The van der Waals surface area contributed by atoms with Crippen LogP contribution in [0.1, 0.15) is 110 Å². The predicted octanol–water partition coefficient (Wildman–Crippen LogP) is 11.1. The first-order chi connectivity index (χ1) is 51.9. The van der Waals surface area contributed by atoms with E-state index in [1.165, 1.54) is 48.5 Å². The maximum absolute atomic E-state index is 14.1. The van der Waals surface area contributed by atoms with E-state index in [9.17, 15) is 63.4 Å². The third-order valence-corrected chi connectivity index (χ3v) is 18.5. The van der Waals surface area contributed by atoms with Crippen molar-refractivity contribution in [3.05, 3.63) is 247 Å². The predicted molar refractivity (Wildman–Crippen MR) is 400 cm³/mol. The second-order valence-corrected chi connectivity index (χ2v) is 26.7. The van der Waals surface area contributed by atoms with Crippen molar-refractivity contribution < 1.29 is 71.9 Å². The van der Waals surface area contributed by atoms with Gasteiger partial charge in [-0.15, -0.1) is 0 Å². The van der Waals surface area contributed by atoms with Crippen LogP contribution in [0.3, 0.4) is 0 Å². The summed E-state index contributed by atoms with van der Waals surface area (Å²) in [5, 5.41) is 45.5. The molecule has 0 saturated heterocycles. The van der Waals surface area contributed by atoms with Crippen LogP contribution in [-0.4, -0.2) is 114 Å². The number of non-ortho nitro benzene ring substituents is 2. The number of nitrogens with zero attached hydrogens (tertiary/aromatic N) is 2. The van der Waals surface area contributed by atoms with Crippen LogP contribution in [-0.2, 0) is 41.5 Å². The largest absolute Gasteiger partial charge is 0.519 e. The van der Waals surface area contributed by atoms with Gasteiger partial charge in [0.05, 0.1) is 9.85 Å². The Morgan fingerprint density at radius 2 is 0.769 bits per heavy atom. The number of anilines is 2. The van der Waals surface area contributed by atoms with Crippen molar-refractivity contribution in [3.8, 4) is 33.8 Å². The van der Waals surface area contributed by atoms with Gasteiger partial charge < -0.3 is 72.9 Å². The van der Waals surface area contributed by atoms with Crippen LogP contribution in [0, 0.1) is 32.1 Å². The van der Waals surface area contributed by atoms with E-state index < -0.39 is 99.9 Å². The smallest absolute Gasteiger partial charge is 0.449 e. The molecule has 0 unspecified atom stereocenters. The van der Waals surface area contributed by atoms with Gasteiger partial charge >= 0.3 is 30.4 Å². The topological polar surface area (TPSA) is 425 Å². The summed E-state index contributed by atoms with van der Waals surface area (Å²) in [6, 6.07) is 44.8. The Hall–Kier alpha value is -13.2. The number of hydrogen-bond donors (Lipinski definition) is 10. The van der Waals surface area contributed by atoms with Gasteiger partial charge in [0, 0.05) is 84.5 Å². The van der Waals surface area contributed by atoms with Crippen LogP contribution in [0.4, 0.5) is 46.7 Å². The van der Waals surface area contributed by atoms with Gasteiger partial charge in [0.15, 0.2) is 0 Å². The van der Waals surface area contributed by atoms with Crippen molar-refractivity contribution >= 4 is 76.8 Å². The molecule has 4 atom stereocenters. The number of ether oxygens (including phenoxy) is 4. The van der Waals surface area contributed by atoms with Crippen molar-refractivity contribution in [1.29, 1.82) is 0 Å². The van der Waals surface area contributed by atoms with Crippen LogP contribution in [0.5, 0.6) is 11.5 Å². The van der Waals surface area contributed by atoms with Crippen molar-refractivity contribution in [2.24, 2.45) is 23.3 Å². The molecule has 0 saturated carbocycles. The van der Waals surface area contributed by atoms with Crippen LogP contribution >= 0.6 is 0 Å². The van der Waals surface area contributed by atoms with Gasteiger partial charge in [0.1, 0.15) is 48.9 Å². The molecule has 10 amide bonds. The number of alkyl carbamates (subject to hydrolysis) is 2. The average Bonchev–Trinajstić information content (AvgIpc) is 1.62. The second kappa shape index (κ2) is 36.0. The Labute approximate surface area is 620 Å². The maximum Gasteiger partial charge on any atom is 0.519 e. The monoisotopic (exact) mass is 1470 g/mol. The molecule has 108 heavy (non-hydrogen) atoms. The van der Waals surface area contributed by atoms with Gasteiger partial charge in [-0.25, -0.2) is 24.0 Å². The summed E-state index contributed by atoms with van der Waals surface area (Å²) < 4.78 is 22.8. The lowest BCUT2D eigenvalue weighted by atomic mass is 9.98. The number of nitro groups is 2. The zero-order valence-corrected chi connectivity index (χ0v) is 59.5. The van der Waals surface area contributed by atoms with Gasteiger partial charge in [-0.05, 0) is 130 Å². The Morgan fingerprint density at radius 1 is 0.435 bits per heavy atom. The second-order valence-electron chi connectivity index (χ2n) is 26.7. The molecule has 0 aliphatic heterocycles. The Morgan fingerprint density at radius 3 is 1.08 bits per heavy atom. The fourth-order valence-electron chi connectivity index (χ4n) is 13.0. The Bertz CT molecular complexity index is 4310. The molecule has 0 spiro atoms. The molecule has 29 heteroatoms. The molecule has 560 valence electrons. The molecule has 0 fully saturated rings. The lowest BCUT2D eigenvalue weighted by Gasteiger charge is -2.25. The fraction of sp³-hybridized carbons (Fsp3) is 0.278. The van der Waals surface area contributed by atoms with Crippen molar-refractivity contribution in [3.63, 3.8) is 0 Å². The van der Waals surface area contributed by atoms with Crippen LogP contribution in [0.25, 0.3) is 22.3 Å². The van der Waals surface area contributed by atoms with Crippen LogP contribution < -0.4 is 63.5 Å². The molecule has 8 aromatic rings.